The van der Waals surface area contributed by atoms with Gasteiger partial charge in [0.25, 0.3) is 0 Å². The van der Waals surface area contributed by atoms with Gasteiger partial charge in [0.05, 0.1) is 11.1 Å². The fourth-order valence-electron chi connectivity index (χ4n) is 4.23. The van der Waals surface area contributed by atoms with Gasteiger partial charge in [-0.05, 0) is 76.0 Å². The summed E-state index contributed by atoms with van der Waals surface area (Å²) >= 11 is 0. The van der Waals surface area contributed by atoms with Crippen molar-refractivity contribution in [2.24, 2.45) is 0 Å². The zero-order valence-electron chi connectivity index (χ0n) is 12.8. The van der Waals surface area contributed by atoms with Crippen LogP contribution in [0.4, 0.5) is 5.69 Å². The zero-order chi connectivity index (χ0) is 14.0. The molecule has 0 aromatic heterocycles. The molecule has 2 aliphatic heterocycles. The second-order valence-corrected chi connectivity index (χ2v) is 6.32. The summed E-state index contributed by atoms with van der Waals surface area (Å²) in [6.45, 7) is 13.9. The highest BCUT2D eigenvalue weighted by Crippen LogP contribution is 2.59. The largest absolute Gasteiger partial charge is 0.346 e. The number of fused-ring (bicyclic) bond motifs is 2. The number of para-hydroxylation sites is 1. The predicted molar refractivity (Wildman–Crippen MR) is 82.5 cm³/mol. The molecule has 0 atom stereocenters. The number of nitrogens with zero attached hydrogens (tertiary/aromatic N) is 1. The summed E-state index contributed by atoms with van der Waals surface area (Å²) in [5.41, 5.74) is 7.47. The van der Waals surface area contributed by atoms with Gasteiger partial charge in [-0.2, -0.15) is 0 Å². The van der Waals surface area contributed by atoms with Crippen LogP contribution in [-0.2, 0) is 0 Å². The average molecular weight is 253 g/mol. The molecular weight excluding hydrogens is 230 g/mol. The van der Waals surface area contributed by atoms with Crippen LogP contribution < -0.4 is 4.90 Å². The van der Waals surface area contributed by atoms with Crippen molar-refractivity contribution < 1.29 is 0 Å². The van der Waals surface area contributed by atoms with E-state index in [2.05, 4.69) is 76.8 Å². The summed E-state index contributed by atoms with van der Waals surface area (Å²) < 4.78 is 0. The van der Waals surface area contributed by atoms with E-state index in [9.17, 15) is 0 Å². The Balaban J connectivity index is 2.27. The zero-order valence-corrected chi connectivity index (χ0v) is 12.8. The number of rotatable bonds is 1. The molecule has 0 saturated heterocycles. The highest BCUT2D eigenvalue weighted by atomic mass is 15.3. The molecule has 2 heterocycles. The SMILES string of the molecule is CC1=C(C)C2(C)C(C)=C(C)C1(C)N2c1ccccc1. The molecule has 1 heteroatoms. The molecule has 1 nitrogen and oxygen atoms in total. The summed E-state index contributed by atoms with van der Waals surface area (Å²) in [5, 5.41) is 0. The molecule has 0 radical (unpaired) electrons. The summed E-state index contributed by atoms with van der Waals surface area (Å²) in [5.74, 6) is 0. The maximum atomic E-state index is 2.61. The van der Waals surface area contributed by atoms with Gasteiger partial charge >= 0.3 is 0 Å². The minimum atomic E-state index is 0.0459. The van der Waals surface area contributed by atoms with E-state index >= 15 is 0 Å². The van der Waals surface area contributed by atoms with Crippen LogP contribution in [0, 0.1) is 0 Å². The standard InChI is InChI=1S/C18H23N/c1-12-13(2)18(6)15(4)14(3)17(12,5)19(18)16-10-8-7-9-11-16/h7-11H,1-6H3. The first-order chi connectivity index (χ1) is 8.86. The lowest BCUT2D eigenvalue weighted by molar-refractivity contribution is 0.552. The van der Waals surface area contributed by atoms with Gasteiger partial charge in [0.15, 0.2) is 0 Å². The van der Waals surface area contributed by atoms with Crippen LogP contribution in [0.5, 0.6) is 0 Å². The van der Waals surface area contributed by atoms with E-state index in [-0.39, 0.29) is 11.1 Å². The van der Waals surface area contributed by atoms with Gasteiger partial charge in [0.2, 0.25) is 0 Å². The van der Waals surface area contributed by atoms with Crippen LogP contribution in [0.25, 0.3) is 0 Å². The second kappa shape index (κ2) is 3.53. The quantitative estimate of drug-likeness (QED) is 0.655. The first-order valence-corrected chi connectivity index (χ1v) is 7.08. The lowest BCUT2D eigenvalue weighted by Crippen LogP contribution is -2.49. The van der Waals surface area contributed by atoms with Gasteiger partial charge in [-0.25, -0.2) is 0 Å². The van der Waals surface area contributed by atoms with Crippen molar-refractivity contribution in [3.63, 3.8) is 0 Å². The molecule has 2 bridgehead atoms. The van der Waals surface area contributed by atoms with Crippen molar-refractivity contribution in [2.45, 2.75) is 52.6 Å². The van der Waals surface area contributed by atoms with Gasteiger partial charge < -0.3 is 4.90 Å². The molecule has 1 aromatic carbocycles. The van der Waals surface area contributed by atoms with Crippen molar-refractivity contribution in [1.29, 1.82) is 0 Å². The molecule has 0 saturated carbocycles. The molecule has 100 valence electrons. The number of hydrogen-bond donors (Lipinski definition) is 0. The smallest absolute Gasteiger partial charge is 0.0812 e. The fraction of sp³-hybridized carbons (Fsp3) is 0.444. The minimum absolute atomic E-state index is 0.0459. The van der Waals surface area contributed by atoms with Crippen LogP contribution in [0.1, 0.15) is 41.5 Å². The Hall–Kier alpha value is -1.50. The molecule has 0 amide bonds. The first kappa shape index (κ1) is 12.5. The molecule has 0 spiro atoms. The maximum absolute atomic E-state index is 2.61. The number of hydrogen-bond acceptors (Lipinski definition) is 1. The third-order valence-electron chi connectivity index (χ3n) is 5.95. The maximum Gasteiger partial charge on any atom is 0.0812 e. The monoisotopic (exact) mass is 253 g/mol. The van der Waals surface area contributed by atoms with E-state index in [1.54, 1.807) is 0 Å². The molecule has 2 aliphatic rings. The Labute approximate surface area is 116 Å². The van der Waals surface area contributed by atoms with Crippen LogP contribution in [0.15, 0.2) is 52.6 Å². The second-order valence-electron chi connectivity index (χ2n) is 6.32. The summed E-state index contributed by atoms with van der Waals surface area (Å²) in [4.78, 5) is 2.61. The van der Waals surface area contributed by atoms with Crippen LogP contribution in [0.2, 0.25) is 0 Å². The Morgan fingerprint density at radius 3 is 1.42 bits per heavy atom. The molecule has 3 rings (SSSR count). The molecule has 0 fully saturated rings. The molecule has 0 unspecified atom stereocenters. The van der Waals surface area contributed by atoms with Crippen molar-refractivity contribution in [3.8, 4) is 0 Å². The summed E-state index contributed by atoms with van der Waals surface area (Å²) in [6.07, 6.45) is 0. The molecule has 1 aromatic rings. The van der Waals surface area contributed by atoms with Crippen molar-refractivity contribution in [1.82, 2.24) is 0 Å². The van der Waals surface area contributed by atoms with E-state index in [0.29, 0.717) is 0 Å². The normalized spacial score (nSPS) is 33.7. The Kier molecular flexibility index (Phi) is 2.33. The highest BCUT2D eigenvalue weighted by Gasteiger charge is 2.59. The average Bonchev–Trinajstić information content (AvgIpc) is 2.67. The summed E-state index contributed by atoms with van der Waals surface area (Å²) in [6, 6.07) is 10.8. The molecular formula is C18H23N. The van der Waals surface area contributed by atoms with Crippen LogP contribution in [0.3, 0.4) is 0 Å². The van der Waals surface area contributed by atoms with Crippen molar-refractivity contribution in [2.75, 3.05) is 4.90 Å². The highest BCUT2D eigenvalue weighted by molar-refractivity contribution is 5.75. The third kappa shape index (κ3) is 1.17. The van der Waals surface area contributed by atoms with E-state index in [0.717, 1.165) is 0 Å². The number of anilines is 1. The van der Waals surface area contributed by atoms with Crippen molar-refractivity contribution in [3.05, 3.63) is 52.6 Å². The lowest BCUT2D eigenvalue weighted by Gasteiger charge is -2.41. The molecule has 0 aliphatic carbocycles. The van der Waals surface area contributed by atoms with Crippen LogP contribution >= 0.6 is 0 Å². The van der Waals surface area contributed by atoms with E-state index in [1.807, 2.05) is 0 Å². The van der Waals surface area contributed by atoms with Gasteiger partial charge in [-0.1, -0.05) is 18.2 Å². The number of benzene rings is 1. The Bertz CT molecular complexity index is 544. The minimum Gasteiger partial charge on any atom is -0.346 e. The lowest BCUT2D eigenvalue weighted by atomic mass is 9.76. The van der Waals surface area contributed by atoms with Crippen molar-refractivity contribution >= 4 is 5.69 Å². The van der Waals surface area contributed by atoms with Gasteiger partial charge in [-0.3, -0.25) is 0 Å². The topological polar surface area (TPSA) is 3.24 Å². The van der Waals surface area contributed by atoms with E-state index < -0.39 is 0 Å². The van der Waals surface area contributed by atoms with Crippen LogP contribution in [-0.4, -0.2) is 11.1 Å². The van der Waals surface area contributed by atoms with Gasteiger partial charge in [-0.15, -0.1) is 0 Å². The third-order valence-corrected chi connectivity index (χ3v) is 5.95. The van der Waals surface area contributed by atoms with E-state index in [4.69, 9.17) is 0 Å². The van der Waals surface area contributed by atoms with Gasteiger partial charge in [0.1, 0.15) is 0 Å². The van der Waals surface area contributed by atoms with E-state index in [1.165, 1.54) is 28.0 Å². The first-order valence-electron chi connectivity index (χ1n) is 7.08. The fourth-order valence-corrected chi connectivity index (χ4v) is 4.23. The van der Waals surface area contributed by atoms with Gasteiger partial charge in [0, 0.05) is 5.69 Å². The molecule has 0 N–H and O–H groups in total. The predicted octanol–water partition coefficient (Wildman–Crippen LogP) is 4.71. The Morgan fingerprint density at radius 2 is 1.05 bits per heavy atom. The molecule has 19 heavy (non-hydrogen) atoms. The Morgan fingerprint density at radius 1 is 0.684 bits per heavy atom. The summed E-state index contributed by atoms with van der Waals surface area (Å²) in [7, 11) is 0.